The second kappa shape index (κ2) is 11.9. The highest BCUT2D eigenvalue weighted by molar-refractivity contribution is 5.66. The molecule has 0 rings (SSSR count). The summed E-state index contributed by atoms with van der Waals surface area (Å²) in [6, 6.07) is 0. The molecule has 0 saturated carbocycles. The third-order valence-electron chi connectivity index (χ3n) is 2.85. The summed E-state index contributed by atoms with van der Waals surface area (Å²) < 4.78 is 5.80. The normalized spacial score (nSPS) is 12.6. The summed E-state index contributed by atoms with van der Waals surface area (Å²) >= 11 is 0. The van der Waals surface area contributed by atoms with E-state index in [4.69, 9.17) is 9.84 Å². The number of hydrogen-bond acceptors (Lipinski definition) is 2. The summed E-state index contributed by atoms with van der Waals surface area (Å²) in [7, 11) is 0. The van der Waals surface area contributed by atoms with Crippen LogP contribution in [0.15, 0.2) is 0 Å². The van der Waals surface area contributed by atoms with Crippen LogP contribution >= 0.6 is 0 Å². The van der Waals surface area contributed by atoms with Gasteiger partial charge in [0.25, 0.3) is 0 Å². The predicted octanol–water partition coefficient (Wildman–Crippen LogP) is 4.01. The largest absolute Gasteiger partial charge is 0.481 e. The zero-order valence-corrected chi connectivity index (χ0v) is 11.4. The Labute approximate surface area is 106 Å². The fourth-order valence-electron chi connectivity index (χ4n) is 1.87. The number of carbonyl (C=O) groups is 1. The lowest BCUT2D eigenvalue weighted by molar-refractivity contribution is -0.137. The van der Waals surface area contributed by atoms with Gasteiger partial charge in [0.2, 0.25) is 0 Å². The molecule has 0 saturated heterocycles. The molecule has 3 nitrogen and oxygen atoms in total. The molecule has 1 N–H and O–H groups in total. The first-order valence-electron chi connectivity index (χ1n) is 7.04. The Balaban J connectivity index is 3.64. The number of ether oxygens (including phenoxy) is 1. The molecule has 0 aromatic heterocycles. The Morgan fingerprint density at radius 1 is 1.06 bits per heavy atom. The van der Waals surface area contributed by atoms with Gasteiger partial charge in [0, 0.05) is 13.0 Å². The van der Waals surface area contributed by atoms with Crippen LogP contribution in [0.5, 0.6) is 0 Å². The maximum absolute atomic E-state index is 10.4. The highest BCUT2D eigenvalue weighted by Gasteiger charge is 2.08. The third kappa shape index (κ3) is 11.7. The van der Waals surface area contributed by atoms with Crippen LogP contribution < -0.4 is 0 Å². The van der Waals surface area contributed by atoms with Gasteiger partial charge in [0.05, 0.1) is 6.10 Å². The number of unbranched alkanes of at least 4 members (excludes halogenated alkanes) is 3. The number of aliphatic carboxylic acids is 1. The van der Waals surface area contributed by atoms with Crippen molar-refractivity contribution in [2.45, 2.75) is 77.7 Å². The number of hydrogen-bond donors (Lipinski definition) is 1. The minimum Gasteiger partial charge on any atom is -0.481 e. The van der Waals surface area contributed by atoms with Gasteiger partial charge in [-0.2, -0.15) is 0 Å². The summed E-state index contributed by atoms with van der Waals surface area (Å²) in [5.74, 6) is -0.693. The quantitative estimate of drug-likeness (QED) is 0.528. The lowest BCUT2D eigenvalue weighted by atomic mass is 10.0. The number of carboxylic acids is 1. The van der Waals surface area contributed by atoms with Crippen LogP contribution in [-0.2, 0) is 9.53 Å². The number of rotatable bonds is 12. The second-order valence-corrected chi connectivity index (χ2v) is 4.63. The SMILES string of the molecule is CCCCCC(CCCCC(=O)O)OCCC. The van der Waals surface area contributed by atoms with Gasteiger partial charge in [-0.3, -0.25) is 4.79 Å². The van der Waals surface area contributed by atoms with E-state index in [9.17, 15) is 4.79 Å². The van der Waals surface area contributed by atoms with Gasteiger partial charge in [0.15, 0.2) is 0 Å². The molecular weight excluding hydrogens is 216 g/mol. The van der Waals surface area contributed by atoms with E-state index in [1.165, 1.54) is 19.3 Å². The first kappa shape index (κ1) is 16.4. The molecule has 0 spiro atoms. The number of carboxylic acid groups (broad SMARTS) is 1. The van der Waals surface area contributed by atoms with Crippen LogP contribution in [0.3, 0.4) is 0 Å². The molecule has 1 unspecified atom stereocenters. The van der Waals surface area contributed by atoms with E-state index in [1.54, 1.807) is 0 Å². The molecule has 102 valence electrons. The molecule has 0 bridgehead atoms. The Morgan fingerprint density at radius 3 is 2.24 bits per heavy atom. The summed E-state index contributed by atoms with van der Waals surface area (Å²) in [5, 5.41) is 8.56. The molecule has 0 aliphatic carbocycles. The zero-order chi connectivity index (χ0) is 12.9. The molecule has 0 aromatic rings. The molecule has 17 heavy (non-hydrogen) atoms. The molecule has 0 fully saturated rings. The lowest BCUT2D eigenvalue weighted by Crippen LogP contribution is -2.14. The molecular formula is C14H28O3. The van der Waals surface area contributed by atoms with E-state index in [-0.39, 0.29) is 6.42 Å². The Morgan fingerprint density at radius 2 is 1.71 bits per heavy atom. The molecule has 0 amide bonds. The monoisotopic (exact) mass is 244 g/mol. The van der Waals surface area contributed by atoms with Gasteiger partial charge < -0.3 is 9.84 Å². The van der Waals surface area contributed by atoms with Crippen LogP contribution in [0.2, 0.25) is 0 Å². The maximum atomic E-state index is 10.4. The highest BCUT2D eigenvalue weighted by Crippen LogP contribution is 2.14. The zero-order valence-electron chi connectivity index (χ0n) is 11.4. The van der Waals surface area contributed by atoms with Crippen molar-refractivity contribution in [2.75, 3.05) is 6.61 Å². The van der Waals surface area contributed by atoms with Crippen molar-refractivity contribution in [2.24, 2.45) is 0 Å². The van der Waals surface area contributed by atoms with Gasteiger partial charge in [-0.05, 0) is 25.7 Å². The van der Waals surface area contributed by atoms with E-state index in [0.717, 1.165) is 38.7 Å². The predicted molar refractivity (Wildman–Crippen MR) is 70.3 cm³/mol. The minimum atomic E-state index is -0.693. The molecule has 0 aliphatic heterocycles. The van der Waals surface area contributed by atoms with Crippen molar-refractivity contribution >= 4 is 5.97 Å². The first-order valence-corrected chi connectivity index (χ1v) is 7.04. The van der Waals surface area contributed by atoms with Gasteiger partial charge in [-0.15, -0.1) is 0 Å². The van der Waals surface area contributed by atoms with Gasteiger partial charge in [-0.25, -0.2) is 0 Å². The summed E-state index contributed by atoms with van der Waals surface area (Å²) in [6.45, 7) is 5.15. The van der Waals surface area contributed by atoms with Gasteiger partial charge in [0.1, 0.15) is 0 Å². The van der Waals surface area contributed by atoms with E-state index in [0.29, 0.717) is 6.10 Å². The highest BCUT2D eigenvalue weighted by atomic mass is 16.5. The lowest BCUT2D eigenvalue weighted by Gasteiger charge is -2.17. The van der Waals surface area contributed by atoms with E-state index >= 15 is 0 Å². The Kier molecular flexibility index (Phi) is 11.5. The minimum absolute atomic E-state index is 0.287. The fourth-order valence-corrected chi connectivity index (χ4v) is 1.87. The second-order valence-electron chi connectivity index (χ2n) is 4.63. The first-order chi connectivity index (χ1) is 8.20. The molecule has 1 atom stereocenters. The average molecular weight is 244 g/mol. The van der Waals surface area contributed by atoms with E-state index < -0.39 is 5.97 Å². The molecule has 0 aromatic carbocycles. The van der Waals surface area contributed by atoms with Crippen molar-refractivity contribution in [3.05, 3.63) is 0 Å². The van der Waals surface area contributed by atoms with Crippen molar-refractivity contribution in [1.29, 1.82) is 0 Å². The van der Waals surface area contributed by atoms with Crippen molar-refractivity contribution in [1.82, 2.24) is 0 Å². The summed E-state index contributed by atoms with van der Waals surface area (Å²) in [4.78, 5) is 10.4. The van der Waals surface area contributed by atoms with Gasteiger partial charge >= 0.3 is 5.97 Å². The summed E-state index contributed by atoms with van der Waals surface area (Å²) in [5.41, 5.74) is 0. The molecule has 0 radical (unpaired) electrons. The van der Waals surface area contributed by atoms with Crippen molar-refractivity contribution in [3.8, 4) is 0 Å². The smallest absolute Gasteiger partial charge is 0.303 e. The molecule has 0 aliphatic rings. The standard InChI is InChI=1S/C14H28O3/c1-3-5-6-9-13(17-12-4-2)10-7-8-11-14(15)16/h13H,3-12H2,1-2H3,(H,15,16). The van der Waals surface area contributed by atoms with Crippen LogP contribution in [0.1, 0.15) is 71.6 Å². The van der Waals surface area contributed by atoms with E-state index in [1.807, 2.05) is 0 Å². The van der Waals surface area contributed by atoms with Crippen LogP contribution in [0.4, 0.5) is 0 Å². The molecule has 3 heteroatoms. The van der Waals surface area contributed by atoms with Crippen LogP contribution in [0.25, 0.3) is 0 Å². The molecule has 0 heterocycles. The Hall–Kier alpha value is -0.570. The van der Waals surface area contributed by atoms with Crippen LogP contribution in [-0.4, -0.2) is 23.8 Å². The third-order valence-corrected chi connectivity index (χ3v) is 2.85. The Bertz CT molecular complexity index is 180. The topological polar surface area (TPSA) is 46.5 Å². The van der Waals surface area contributed by atoms with Crippen molar-refractivity contribution in [3.63, 3.8) is 0 Å². The summed E-state index contributed by atoms with van der Waals surface area (Å²) in [6.07, 6.45) is 9.29. The van der Waals surface area contributed by atoms with Crippen molar-refractivity contribution < 1.29 is 14.6 Å². The fraction of sp³-hybridized carbons (Fsp3) is 0.929. The van der Waals surface area contributed by atoms with E-state index in [2.05, 4.69) is 13.8 Å². The van der Waals surface area contributed by atoms with Crippen LogP contribution in [0, 0.1) is 0 Å². The van der Waals surface area contributed by atoms with Gasteiger partial charge in [-0.1, -0.05) is 39.5 Å². The maximum Gasteiger partial charge on any atom is 0.303 e. The average Bonchev–Trinajstić information content (AvgIpc) is 2.30.